The maximum atomic E-state index is 13.2. The lowest BCUT2D eigenvalue weighted by molar-refractivity contribution is -0.122. The van der Waals surface area contributed by atoms with Crippen molar-refractivity contribution in [3.63, 3.8) is 0 Å². The van der Waals surface area contributed by atoms with E-state index < -0.39 is 0 Å². The lowest BCUT2D eigenvalue weighted by Crippen LogP contribution is -2.38. The van der Waals surface area contributed by atoms with Crippen LogP contribution in [0.2, 0.25) is 0 Å². The van der Waals surface area contributed by atoms with Crippen molar-refractivity contribution in [2.24, 2.45) is 5.92 Å². The summed E-state index contributed by atoms with van der Waals surface area (Å²) in [6.45, 7) is 4.91. The fourth-order valence-corrected chi connectivity index (χ4v) is 4.44. The third-order valence-electron chi connectivity index (χ3n) is 5.97. The summed E-state index contributed by atoms with van der Waals surface area (Å²) in [5, 5.41) is 2.98. The second kappa shape index (κ2) is 8.96. The van der Waals surface area contributed by atoms with Crippen LogP contribution in [0.25, 0.3) is 0 Å². The summed E-state index contributed by atoms with van der Waals surface area (Å²) in [5.74, 6) is 1.93. The minimum Gasteiger partial charge on any atom is -0.497 e. The number of ketones is 1. The molecule has 2 unspecified atom stereocenters. The molecule has 1 aliphatic heterocycles. The van der Waals surface area contributed by atoms with Gasteiger partial charge in [-0.3, -0.25) is 9.59 Å². The SMILES string of the molecule is COc1cccc(C2CC(=O)NC3=C2C(=O)CC(c2ccc(OCC(C)C)cc2)C3)c1. The molecule has 1 aliphatic carbocycles. The number of hydrogen-bond acceptors (Lipinski definition) is 4. The largest absolute Gasteiger partial charge is 0.497 e. The predicted molar refractivity (Wildman–Crippen MR) is 119 cm³/mol. The highest BCUT2D eigenvalue weighted by Gasteiger charge is 2.38. The van der Waals surface area contributed by atoms with E-state index >= 15 is 0 Å². The molecule has 0 saturated carbocycles. The molecule has 1 N–H and O–H groups in total. The molecule has 0 aromatic heterocycles. The molecule has 0 fully saturated rings. The first kappa shape index (κ1) is 21.2. The van der Waals surface area contributed by atoms with Gasteiger partial charge in [-0.05, 0) is 53.6 Å². The summed E-state index contributed by atoms with van der Waals surface area (Å²) >= 11 is 0. The number of nitrogens with one attached hydrogen (secondary N) is 1. The van der Waals surface area contributed by atoms with Crippen molar-refractivity contribution in [3.8, 4) is 11.5 Å². The van der Waals surface area contributed by atoms with Gasteiger partial charge in [0.15, 0.2) is 5.78 Å². The predicted octanol–water partition coefficient (Wildman–Crippen LogP) is 4.73. The second-order valence-corrected chi connectivity index (χ2v) is 8.78. The molecule has 162 valence electrons. The van der Waals surface area contributed by atoms with Crippen LogP contribution in [0, 0.1) is 5.92 Å². The van der Waals surface area contributed by atoms with Crippen molar-refractivity contribution < 1.29 is 19.1 Å². The first-order valence-electron chi connectivity index (χ1n) is 10.9. The van der Waals surface area contributed by atoms with Gasteiger partial charge in [-0.25, -0.2) is 0 Å². The monoisotopic (exact) mass is 419 g/mol. The average molecular weight is 420 g/mol. The molecule has 5 nitrogen and oxygen atoms in total. The number of amides is 1. The number of carbonyl (C=O) groups excluding carboxylic acids is 2. The summed E-state index contributed by atoms with van der Waals surface area (Å²) < 4.78 is 11.1. The summed E-state index contributed by atoms with van der Waals surface area (Å²) in [4.78, 5) is 25.7. The fourth-order valence-electron chi connectivity index (χ4n) is 4.44. The molecule has 2 atom stereocenters. The average Bonchev–Trinajstić information content (AvgIpc) is 2.77. The van der Waals surface area contributed by atoms with E-state index in [1.165, 1.54) is 0 Å². The van der Waals surface area contributed by atoms with Gasteiger partial charge in [-0.2, -0.15) is 0 Å². The molecule has 2 aliphatic rings. The number of allylic oxidation sites excluding steroid dienone is 2. The smallest absolute Gasteiger partial charge is 0.225 e. The number of hydrogen-bond donors (Lipinski definition) is 1. The van der Waals surface area contributed by atoms with Crippen LogP contribution in [-0.4, -0.2) is 25.4 Å². The molecule has 5 heteroatoms. The maximum absolute atomic E-state index is 13.2. The van der Waals surface area contributed by atoms with Gasteiger partial charge in [0.05, 0.1) is 13.7 Å². The molecule has 1 amide bonds. The highest BCUT2D eigenvalue weighted by molar-refractivity contribution is 6.02. The Kier molecular flexibility index (Phi) is 6.12. The van der Waals surface area contributed by atoms with Crippen LogP contribution in [0.1, 0.15) is 56.1 Å². The molecule has 1 heterocycles. The third kappa shape index (κ3) is 4.66. The van der Waals surface area contributed by atoms with Crippen molar-refractivity contribution in [2.45, 2.75) is 44.9 Å². The van der Waals surface area contributed by atoms with E-state index in [1.54, 1.807) is 7.11 Å². The zero-order valence-electron chi connectivity index (χ0n) is 18.3. The molecule has 31 heavy (non-hydrogen) atoms. The van der Waals surface area contributed by atoms with E-state index in [9.17, 15) is 9.59 Å². The number of carbonyl (C=O) groups is 2. The Labute approximate surface area is 183 Å². The fraction of sp³-hybridized carbons (Fsp3) is 0.385. The van der Waals surface area contributed by atoms with Gasteiger partial charge in [-0.1, -0.05) is 38.1 Å². The Morgan fingerprint density at radius 3 is 2.45 bits per heavy atom. The number of benzene rings is 2. The Balaban J connectivity index is 1.58. The molecule has 4 rings (SSSR count). The zero-order chi connectivity index (χ0) is 22.0. The lowest BCUT2D eigenvalue weighted by atomic mass is 9.73. The second-order valence-electron chi connectivity index (χ2n) is 8.78. The summed E-state index contributed by atoms with van der Waals surface area (Å²) in [5.41, 5.74) is 3.56. The molecule has 2 aromatic carbocycles. The maximum Gasteiger partial charge on any atom is 0.225 e. The van der Waals surface area contributed by atoms with Gasteiger partial charge in [-0.15, -0.1) is 0 Å². The Bertz CT molecular complexity index is 1010. The lowest BCUT2D eigenvalue weighted by Gasteiger charge is -2.34. The minimum absolute atomic E-state index is 0.0440. The van der Waals surface area contributed by atoms with Crippen molar-refractivity contribution in [3.05, 3.63) is 70.9 Å². The van der Waals surface area contributed by atoms with Crippen LogP contribution >= 0.6 is 0 Å². The summed E-state index contributed by atoms with van der Waals surface area (Å²) in [7, 11) is 1.62. The zero-order valence-corrected chi connectivity index (χ0v) is 18.3. The van der Waals surface area contributed by atoms with Crippen molar-refractivity contribution in [1.29, 1.82) is 0 Å². The van der Waals surface area contributed by atoms with Gasteiger partial charge in [0.1, 0.15) is 11.5 Å². The van der Waals surface area contributed by atoms with E-state index in [2.05, 4.69) is 19.2 Å². The molecule has 0 bridgehead atoms. The Morgan fingerprint density at radius 1 is 0.968 bits per heavy atom. The minimum atomic E-state index is -0.223. The molecular formula is C26H29NO4. The highest BCUT2D eigenvalue weighted by atomic mass is 16.5. The van der Waals surface area contributed by atoms with E-state index in [-0.39, 0.29) is 29.9 Å². The van der Waals surface area contributed by atoms with Gasteiger partial charge < -0.3 is 14.8 Å². The number of ether oxygens (including phenoxy) is 2. The van der Waals surface area contributed by atoms with Crippen LogP contribution in [0.3, 0.4) is 0 Å². The van der Waals surface area contributed by atoms with E-state index in [0.29, 0.717) is 25.4 Å². The van der Waals surface area contributed by atoms with Gasteiger partial charge >= 0.3 is 0 Å². The van der Waals surface area contributed by atoms with Crippen LogP contribution in [-0.2, 0) is 9.59 Å². The van der Waals surface area contributed by atoms with Crippen molar-refractivity contribution in [2.75, 3.05) is 13.7 Å². The molecule has 0 saturated heterocycles. The van der Waals surface area contributed by atoms with Crippen LogP contribution < -0.4 is 14.8 Å². The first-order chi connectivity index (χ1) is 14.9. The van der Waals surface area contributed by atoms with Crippen LogP contribution in [0.15, 0.2) is 59.8 Å². The van der Waals surface area contributed by atoms with Crippen LogP contribution in [0.4, 0.5) is 0 Å². The van der Waals surface area contributed by atoms with Crippen LogP contribution in [0.5, 0.6) is 11.5 Å². The molecule has 0 radical (unpaired) electrons. The van der Waals surface area contributed by atoms with Gasteiger partial charge in [0.2, 0.25) is 5.91 Å². The van der Waals surface area contributed by atoms with E-state index in [1.807, 2.05) is 48.5 Å². The number of Topliss-reactive ketones (excluding diaryl/α,β-unsaturated/α-hetero) is 1. The topological polar surface area (TPSA) is 64.6 Å². The number of rotatable bonds is 6. The van der Waals surface area contributed by atoms with Gasteiger partial charge in [0.25, 0.3) is 0 Å². The van der Waals surface area contributed by atoms with Crippen molar-refractivity contribution in [1.82, 2.24) is 5.32 Å². The van der Waals surface area contributed by atoms with E-state index in [0.717, 1.165) is 33.9 Å². The first-order valence-corrected chi connectivity index (χ1v) is 10.9. The molecular weight excluding hydrogens is 390 g/mol. The molecule has 0 spiro atoms. The Morgan fingerprint density at radius 2 is 1.74 bits per heavy atom. The summed E-state index contributed by atoms with van der Waals surface area (Å²) in [6, 6.07) is 15.6. The molecule has 2 aromatic rings. The standard InChI is InChI=1S/C26H29NO4/c1-16(2)15-31-20-9-7-17(8-10-20)19-12-23-26(24(28)13-19)22(14-25(29)27-23)18-5-4-6-21(11-18)30-3/h4-11,16,19,22H,12-15H2,1-3H3,(H,27,29). The quantitative estimate of drug-likeness (QED) is 0.735. The Hall–Kier alpha value is -3.08. The van der Waals surface area contributed by atoms with E-state index in [4.69, 9.17) is 9.47 Å². The normalized spacial score (nSPS) is 21.0. The highest BCUT2D eigenvalue weighted by Crippen LogP contribution is 2.43. The third-order valence-corrected chi connectivity index (χ3v) is 5.97. The van der Waals surface area contributed by atoms with Gasteiger partial charge in [0, 0.05) is 30.0 Å². The summed E-state index contributed by atoms with van der Waals surface area (Å²) in [6.07, 6.45) is 1.38. The van der Waals surface area contributed by atoms with Crippen molar-refractivity contribution >= 4 is 11.7 Å². The number of methoxy groups -OCH3 is 1.